The van der Waals surface area contributed by atoms with Gasteiger partial charge in [-0.25, -0.2) is 4.79 Å². The number of nitrogens with one attached hydrogen (secondary N) is 2. The highest BCUT2D eigenvalue weighted by molar-refractivity contribution is 5.68. The SMILES string of the molecule is CC(CC1CCCN1C(=O)OC(C)(C)C)NC(C)c1cn[nH]c1. The molecule has 1 fully saturated rings. The van der Waals surface area contributed by atoms with Gasteiger partial charge in [-0.2, -0.15) is 5.10 Å². The van der Waals surface area contributed by atoms with E-state index in [4.69, 9.17) is 4.74 Å². The van der Waals surface area contributed by atoms with Crippen LogP contribution in [0.3, 0.4) is 0 Å². The van der Waals surface area contributed by atoms with Crippen LogP contribution in [0, 0.1) is 0 Å². The molecule has 1 aromatic heterocycles. The number of likely N-dealkylation sites (tertiary alicyclic amines) is 1. The summed E-state index contributed by atoms with van der Waals surface area (Å²) in [5, 5.41) is 10.4. The predicted molar refractivity (Wildman–Crippen MR) is 90.2 cm³/mol. The molecule has 1 aromatic rings. The second kappa shape index (κ2) is 7.34. The third kappa shape index (κ3) is 5.23. The maximum Gasteiger partial charge on any atom is 0.410 e. The maximum atomic E-state index is 12.3. The van der Waals surface area contributed by atoms with Crippen molar-refractivity contribution >= 4 is 6.09 Å². The number of carbonyl (C=O) groups excluding carboxylic acids is 1. The summed E-state index contributed by atoms with van der Waals surface area (Å²) in [6.07, 6.45) is 6.59. The molecule has 0 bridgehead atoms. The highest BCUT2D eigenvalue weighted by Crippen LogP contribution is 2.24. The highest BCUT2D eigenvalue weighted by atomic mass is 16.6. The number of rotatable bonds is 5. The lowest BCUT2D eigenvalue weighted by Crippen LogP contribution is -2.42. The van der Waals surface area contributed by atoms with Gasteiger partial charge in [0.05, 0.1) is 6.20 Å². The topological polar surface area (TPSA) is 70.2 Å². The lowest BCUT2D eigenvalue weighted by Gasteiger charge is -2.30. The molecule has 2 rings (SSSR count). The third-order valence-electron chi connectivity index (χ3n) is 4.18. The Hall–Kier alpha value is -1.56. The number of H-pyrrole nitrogens is 1. The van der Waals surface area contributed by atoms with Gasteiger partial charge >= 0.3 is 6.09 Å². The van der Waals surface area contributed by atoms with Gasteiger partial charge in [0.1, 0.15) is 5.60 Å². The minimum absolute atomic E-state index is 0.185. The van der Waals surface area contributed by atoms with E-state index in [1.54, 1.807) is 0 Å². The van der Waals surface area contributed by atoms with Gasteiger partial charge in [-0.1, -0.05) is 0 Å². The maximum absolute atomic E-state index is 12.3. The van der Waals surface area contributed by atoms with Crippen molar-refractivity contribution in [3.8, 4) is 0 Å². The number of hydrogen-bond acceptors (Lipinski definition) is 4. The van der Waals surface area contributed by atoms with Crippen LogP contribution in [0.25, 0.3) is 0 Å². The summed E-state index contributed by atoms with van der Waals surface area (Å²) in [5.74, 6) is 0. The Morgan fingerprint density at radius 1 is 1.52 bits per heavy atom. The van der Waals surface area contributed by atoms with Gasteiger partial charge < -0.3 is 15.0 Å². The van der Waals surface area contributed by atoms with Crippen molar-refractivity contribution in [2.75, 3.05) is 6.54 Å². The molecular weight excluding hydrogens is 292 g/mol. The van der Waals surface area contributed by atoms with E-state index in [0.717, 1.165) is 31.4 Å². The molecule has 0 aliphatic carbocycles. The first kappa shape index (κ1) is 17.8. The molecular formula is C17H30N4O2. The van der Waals surface area contributed by atoms with E-state index in [9.17, 15) is 4.79 Å². The van der Waals surface area contributed by atoms with Crippen LogP contribution in [-0.4, -0.2) is 45.4 Å². The summed E-state index contributed by atoms with van der Waals surface area (Å²) < 4.78 is 5.53. The largest absolute Gasteiger partial charge is 0.444 e. The molecule has 23 heavy (non-hydrogen) atoms. The summed E-state index contributed by atoms with van der Waals surface area (Å²) in [6, 6.07) is 0.803. The second-order valence-electron chi connectivity index (χ2n) is 7.53. The Labute approximate surface area is 139 Å². The molecule has 3 unspecified atom stereocenters. The van der Waals surface area contributed by atoms with Crippen molar-refractivity contribution in [2.45, 2.75) is 77.6 Å². The standard InChI is InChI=1S/C17H30N4O2/c1-12(20-13(2)14-10-18-19-11-14)9-15-7-6-8-21(15)16(22)23-17(3,4)5/h10-13,15,20H,6-9H2,1-5H3,(H,18,19). The van der Waals surface area contributed by atoms with E-state index in [-0.39, 0.29) is 18.2 Å². The van der Waals surface area contributed by atoms with Crippen molar-refractivity contribution < 1.29 is 9.53 Å². The number of ether oxygens (including phenoxy) is 1. The molecule has 2 heterocycles. The van der Waals surface area contributed by atoms with Crippen LogP contribution in [0.2, 0.25) is 0 Å². The minimum Gasteiger partial charge on any atom is -0.444 e. The normalized spacial score (nSPS) is 21.3. The summed E-state index contributed by atoms with van der Waals surface area (Å²) in [5.41, 5.74) is 0.705. The first-order chi connectivity index (χ1) is 10.8. The van der Waals surface area contributed by atoms with E-state index < -0.39 is 5.60 Å². The lowest BCUT2D eigenvalue weighted by molar-refractivity contribution is 0.0214. The number of aromatic nitrogens is 2. The Bertz CT molecular complexity index is 495. The fourth-order valence-electron chi connectivity index (χ4n) is 3.14. The Morgan fingerprint density at radius 3 is 2.87 bits per heavy atom. The number of nitrogens with zero attached hydrogens (tertiary/aromatic N) is 2. The van der Waals surface area contributed by atoms with Gasteiger partial charge in [0.25, 0.3) is 0 Å². The molecule has 130 valence electrons. The molecule has 0 aromatic carbocycles. The van der Waals surface area contributed by atoms with E-state index in [1.807, 2.05) is 38.1 Å². The Kier molecular flexibility index (Phi) is 5.68. The zero-order chi connectivity index (χ0) is 17.0. The van der Waals surface area contributed by atoms with Crippen molar-refractivity contribution in [1.29, 1.82) is 0 Å². The fraction of sp³-hybridized carbons (Fsp3) is 0.765. The van der Waals surface area contributed by atoms with E-state index in [0.29, 0.717) is 6.04 Å². The highest BCUT2D eigenvalue weighted by Gasteiger charge is 2.33. The zero-order valence-electron chi connectivity index (χ0n) is 14.9. The van der Waals surface area contributed by atoms with Gasteiger partial charge in [0.15, 0.2) is 0 Å². The lowest BCUT2D eigenvalue weighted by atomic mass is 10.0. The zero-order valence-corrected chi connectivity index (χ0v) is 14.9. The monoisotopic (exact) mass is 322 g/mol. The number of amides is 1. The van der Waals surface area contributed by atoms with Crippen LogP contribution in [0.1, 0.15) is 65.5 Å². The fourth-order valence-corrected chi connectivity index (χ4v) is 3.14. The van der Waals surface area contributed by atoms with Crippen LogP contribution in [0.15, 0.2) is 12.4 Å². The number of aromatic amines is 1. The quantitative estimate of drug-likeness (QED) is 0.873. The molecule has 6 heteroatoms. The third-order valence-corrected chi connectivity index (χ3v) is 4.18. The minimum atomic E-state index is -0.441. The number of carbonyl (C=O) groups is 1. The molecule has 1 aliphatic rings. The van der Waals surface area contributed by atoms with E-state index in [2.05, 4.69) is 29.4 Å². The van der Waals surface area contributed by atoms with Crippen molar-refractivity contribution in [2.24, 2.45) is 0 Å². The molecule has 0 spiro atoms. The predicted octanol–water partition coefficient (Wildman–Crippen LogP) is 3.24. The van der Waals surface area contributed by atoms with Crippen LogP contribution in [-0.2, 0) is 4.74 Å². The molecule has 6 nitrogen and oxygen atoms in total. The van der Waals surface area contributed by atoms with Crippen molar-refractivity contribution in [3.05, 3.63) is 18.0 Å². The molecule has 0 saturated carbocycles. The van der Waals surface area contributed by atoms with Crippen LogP contribution >= 0.6 is 0 Å². The van der Waals surface area contributed by atoms with Crippen LogP contribution < -0.4 is 5.32 Å². The first-order valence-electron chi connectivity index (χ1n) is 8.50. The average Bonchev–Trinajstić information content (AvgIpc) is 3.06. The molecule has 0 radical (unpaired) electrons. The molecule has 1 amide bonds. The second-order valence-corrected chi connectivity index (χ2v) is 7.53. The molecule has 1 aliphatic heterocycles. The van der Waals surface area contributed by atoms with Crippen LogP contribution in [0.4, 0.5) is 4.79 Å². The van der Waals surface area contributed by atoms with Gasteiger partial charge in [-0.3, -0.25) is 5.10 Å². The number of hydrogen-bond donors (Lipinski definition) is 2. The van der Waals surface area contributed by atoms with Gasteiger partial charge in [-0.15, -0.1) is 0 Å². The van der Waals surface area contributed by atoms with Gasteiger partial charge in [-0.05, 0) is 53.9 Å². The molecule has 3 atom stereocenters. The Morgan fingerprint density at radius 2 is 2.26 bits per heavy atom. The summed E-state index contributed by atoms with van der Waals surface area (Å²) in [7, 11) is 0. The van der Waals surface area contributed by atoms with Crippen molar-refractivity contribution in [1.82, 2.24) is 20.4 Å². The van der Waals surface area contributed by atoms with Crippen LogP contribution in [0.5, 0.6) is 0 Å². The van der Waals surface area contributed by atoms with Gasteiger partial charge in [0, 0.05) is 36.4 Å². The van der Waals surface area contributed by atoms with E-state index in [1.165, 1.54) is 0 Å². The summed E-state index contributed by atoms with van der Waals surface area (Å²) in [6.45, 7) is 10.8. The molecule has 1 saturated heterocycles. The average molecular weight is 322 g/mol. The van der Waals surface area contributed by atoms with E-state index >= 15 is 0 Å². The smallest absolute Gasteiger partial charge is 0.410 e. The summed E-state index contributed by atoms with van der Waals surface area (Å²) in [4.78, 5) is 14.2. The van der Waals surface area contributed by atoms with Crippen molar-refractivity contribution in [3.63, 3.8) is 0 Å². The van der Waals surface area contributed by atoms with Gasteiger partial charge in [0.2, 0.25) is 0 Å². The Balaban J connectivity index is 1.86. The first-order valence-corrected chi connectivity index (χ1v) is 8.50. The summed E-state index contributed by atoms with van der Waals surface area (Å²) >= 11 is 0. The molecule has 2 N–H and O–H groups in total.